The maximum atomic E-state index is 12.4. The van der Waals surface area contributed by atoms with Crippen molar-refractivity contribution in [3.63, 3.8) is 0 Å². The number of aromatic nitrogens is 3. The minimum absolute atomic E-state index is 0.0231. The second-order valence-electron chi connectivity index (χ2n) is 8.33. The minimum atomic E-state index is -0.0231. The van der Waals surface area contributed by atoms with Crippen molar-refractivity contribution in [2.45, 2.75) is 37.6 Å². The Bertz CT molecular complexity index is 1050. The number of halogens is 1. The van der Waals surface area contributed by atoms with Gasteiger partial charge in [0.05, 0.1) is 0 Å². The average molecular weight is 410 g/mol. The highest BCUT2D eigenvalue weighted by atomic mass is 35.5. The Balaban J connectivity index is 1.27. The summed E-state index contributed by atoms with van der Waals surface area (Å²) in [5.74, 6) is 1.44. The van der Waals surface area contributed by atoms with E-state index in [0.29, 0.717) is 35.3 Å². The van der Waals surface area contributed by atoms with E-state index in [1.54, 1.807) is 12.1 Å². The molecule has 1 unspecified atom stereocenters. The van der Waals surface area contributed by atoms with Gasteiger partial charge in [0.1, 0.15) is 0 Å². The Labute approximate surface area is 174 Å². The molecule has 1 aliphatic carbocycles. The van der Waals surface area contributed by atoms with Crippen LogP contribution < -0.4 is 5.32 Å². The summed E-state index contributed by atoms with van der Waals surface area (Å²) in [6, 6.07) is 10.4. The van der Waals surface area contributed by atoms with E-state index in [1.807, 2.05) is 0 Å². The molecule has 1 amide bonds. The van der Waals surface area contributed by atoms with Crippen LogP contribution in [0.1, 0.15) is 36.3 Å². The zero-order chi connectivity index (χ0) is 20.0. The molecule has 6 nitrogen and oxygen atoms in total. The maximum absolute atomic E-state index is 12.4. The molecule has 1 saturated heterocycles. The van der Waals surface area contributed by atoms with Crippen LogP contribution in [0.3, 0.4) is 0 Å². The van der Waals surface area contributed by atoms with Crippen LogP contribution in [-0.4, -0.2) is 45.6 Å². The number of amides is 1. The lowest BCUT2D eigenvalue weighted by Gasteiger charge is -2.45. The second kappa shape index (κ2) is 7.43. The molecule has 3 atom stereocenters. The molecule has 0 bridgehead atoms. The largest absolute Gasteiger partial charge is 0.361 e. The van der Waals surface area contributed by atoms with Crippen molar-refractivity contribution in [2.24, 2.45) is 5.92 Å². The number of H-pyrrole nitrogens is 1. The van der Waals surface area contributed by atoms with Gasteiger partial charge in [0.15, 0.2) is 11.0 Å². The first kappa shape index (κ1) is 18.6. The van der Waals surface area contributed by atoms with Crippen molar-refractivity contribution in [3.05, 3.63) is 52.8 Å². The fourth-order valence-electron chi connectivity index (χ4n) is 5.19. The van der Waals surface area contributed by atoms with Crippen molar-refractivity contribution in [3.8, 4) is 0 Å². The van der Waals surface area contributed by atoms with Gasteiger partial charge in [-0.05, 0) is 61.6 Å². The molecule has 2 aliphatic rings. The molecular weight excluding hydrogens is 386 g/mol. The summed E-state index contributed by atoms with van der Waals surface area (Å²) < 4.78 is 0. The number of carbonyl (C=O) groups is 1. The molecule has 29 heavy (non-hydrogen) atoms. The van der Waals surface area contributed by atoms with E-state index in [9.17, 15) is 4.79 Å². The number of likely N-dealkylation sites (N-methyl/N-ethyl adjacent to an activating group) is 1. The number of anilines is 1. The van der Waals surface area contributed by atoms with E-state index >= 15 is 0 Å². The van der Waals surface area contributed by atoms with Gasteiger partial charge in [0.25, 0.3) is 0 Å². The fourth-order valence-corrected chi connectivity index (χ4v) is 5.29. The van der Waals surface area contributed by atoms with Crippen molar-refractivity contribution >= 4 is 34.2 Å². The minimum Gasteiger partial charge on any atom is -0.361 e. The van der Waals surface area contributed by atoms with Crippen molar-refractivity contribution in [2.75, 3.05) is 18.9 Å². The number of hydrogen-bond acceptors (Lipinski definition) is 4. The van der Waals surface area contributed by atoms with Gasteiger partial charge in [0.2, 0.25) is 5.91 Å². The Morgan fingerprint density at radius 3 is 3.03 bits per heavy atom. The standard InChI is InChI=1S/C22H24ClN5O/c1-28-12-13(5-8-21(29)25-20-7-6-19(23)26-27-20)9-16-15-3-2-4-17-22(15)14(11-24-17)10-18(16)28/h2-4,6-7,11,13,16,18,24H,5,8-10,12H2,1H3,(H,25,27,29)/t13-,16?,18-/m1/s1. The second-order valence-corrected chi connectivity index (χ2v) is 8.72. The molecule has 1 aliphatic heterocycles. The van der Waals surface area contributed by atoms with Crippen LogP contribution in [0.2, 0.25) is 5.15 Å². The molecule has 3 heterocycles. The third-order valence-corrected chi connectivity index (χ3v) is 6.69. The number of hydrogen-bond donors (Lipinski definition) is 2. The Kier molecular flexibility index (Phi) is 4.76. The molecule has 2 aromatic heterocycles. The fraction of sp³-hybridized carbons (Fsp3) is 0.409. The molecule has 0 saturated carbocycles. The topological polar surface area (TPSA) is 73.9 Å². The molecule has 0 radical (unpaired) electrons. The van der Waals surface area contributed by atoms with Gasteiger partial charge in [-0.3, -0.25) is 4.79 Å². The van der Waals surface area contributed by atoms with Gasteiger partial charge in [-0.25, -0.2) is 0 Å². The zero-order valence-electron chi connectivity index (χ0n) is 16.4. The smallest absolute Gasteiger partial charge is 0.225 e. The van der Waals surface area contributed by atoms with E-state index in [2.05, 4.69) is 56.8 Å². The lowest BCUT2D eigenvalue weighted by atomic mass is 9.71. The number of rotatable bonds is 4. The summed E-state index contributed by atoms with van der Waals surface area (Å²) >= 11 is 5.74. The molecule has 2 N–H and O–H groups in total. The Morgan fingerprint density at radius 2 is 2.21 bits per heavy atom. The van der Waals surface area contributed by atoms with Crippen molar-refractivity contribution in [1.82, 2.24) is 20.1 Å². The van der Waals surface area contributed by atoms with E-state index < -0.39 is 0 Å². The molecule has 7 heteroatoms. The molecule has 5 rings (SSSR count). The molecule has 0 spiro atoms. The summed E-state index contributed by atoms with van der Waals surface area (Å²) in [6.45, 7) is 1.03. The average Bonchev–Trinajstić information content (AvgIpc) is 3.13. The lowest BCUT2D eigenvalue weighted by molar-refractivity contribution is -0.116. The lowest BCUT2D eigenvalue weighted by Crippen LogP contribution is -2.47. The first-order valence-electron chi connectivity index (χ1n) is 10.2. The van der Waals surface area contributed by atoms with E-state index in [-0.39, 0.29) is 5.91 Å². The Morgan fingerprint density at radius 1 is 1.31 bits per heavy atom. The van der Waals surface area contributed by atoms with Gasteiger partial charge < -0.3 is 15.2 Å². The number of likely N-dealkylation sites (tertiary alicyclic amines) is 1. The van der Waals surface area contributed by atoms with Crippen molar-refractivity contribution in [1.29, 1.82) is 0 Å². The highest BCUT2D eigenvalue weighted by Gasteiger charge is 2.39. The molecular formula is C22H24ClN5O. The van der Waals surface area contributed by atoms with Crippen molar-refractivity contribution < 1.29 is 4.79 Å². The third-order valence-electron chi connectivity index (χ3n) is 6.49. The van der Waals surface area contributed by atoms with Crippen LogP contribution in [0.5, 0.6) is 0 Å². The number of aromatic amines is 1. The molecule has 150 valence electrons. The number of carbonyl (C=O) groups excluding carboxylic acids is 1. The van der Waals surface area contributed by atoms with Crippen LogP contribution in [0.4, 0.5) is 5.82 Å². The van der Waals surface area contributed by atoms with Crippen LogP contribution in [0, 0.1) is 5.92 Å². The molecule has 1 aromatic carbocycles. The van der Waals surface area contributed by atoms with Gasteiger partial charge in [0, 0.05) is 42.0 Å². The first-order valence-corrected chi connectivity index (χ1v) is 10.5. The van der Waals surface area contributed by atoms with Crippen LogP contribution in [0.15, 0.2) is 36.5 Å². The number of piperidine rings is 1. The van der Waals surface area contributed by atoms with Gasteiger partial charge >= 0.3 is 0 Å². The number of nitrogens with one attached hydrogen (secondary N) is 2. The van der Waals surface area contributed by atoms with Gasteiger partial charge in [-0.2, -0.15) is 0 Å². The summed E-state index contributed by atoms with van der Waals surface area (Å²) in [4.78, 5) is 18.3. The van der Waals surface area contributed by atoms with E-state index in [1.165, 1.54) is 22.0 Å². The normalized spacial score (nSPS) is 23.7. The van der Waals surface area contributed by atoms with Crippen LogP contribution in [-0.2, 0) is 11.2 Å². The zero-order valence-corrected chi connectivity index (χ0v) is 17.1. The summed E-state index contributed by atoms with van der Waals surface area (Å²) in [5, 5.41) is 12.2. The van der Waals surface area contributed by atoms with E-state index in [4.69, 9.17) is 11.6 Å². The third kappa shape index (κ3) is 3.51. The number of nitrogens with zero attached hydrogens (tertiary/aromatic N) is 3. The van der Waals surface area contributed by atoms with Gasteiger partial charge in [-0.15, -0.1) is 10.2 Å². The SMILES string of the molecule is CN1C[C@H](CCC(=O)Nc2ccc(Cl)nn2)CC2c3cccc4[nH]cc(c34)C[C@H]21. The number of fused-ring (bicyclic) bond motifs is 2. The van der Waals surface area contributed by atoms with Gasteiger partial charge in [-0.1, -0.05) is 23.7 Å². The highest BCUT2D eigenvalue weighted by molar-refractivity contribution is 6.29. The predicted molar refractivity (Wildman–Crippen MR) is 114 cm³/mol. The van der Waals surface area contributed by atoms with Crippen LogP contribution in [0.25, 0.3) is 10.9 Å². The summed E-state index contributed by atoms with van der Waals surface area (Å²) in [5.41, 5.74) is 4.14. The van der Waals surface area contributed by atoms with Crippen LogP contribution >= 0.6 is 11.6 Å². The highest BCUT2D eigenvalue weighted by Crippen LogP contribution is 2.45. The maximum Gasteiger partial charge on any atom is 0.225 e. The van der Waals surface area contributed by atoms with E-state index in [0.717, 1.165) is 25.8 Å². The predicted octanol–water partition coefficient (Wildman–Crippen LogP) is 3.99. The molecule has 1 fully saturated rings. The first-order chi connectivity index (χ1) is 14.1. The summed E-state index contributed by atoms with van der Waals surface area (Å²) in [7, 11) is 2.23. The Hall–Kier alpha value is -2.44. The molecule has 3 aromatic rings. The quantitative estimate of drug-likeness (QED) is 0.683. The summed E-state index contributed by atoms with van der Waals surface area (Å²) in [6.07, 6.45) is 5.76. The number of benzene rings is 1. The monoisotopic (exact) mass is 409 g/mol.